The number of likely N-dealkylation sites (tertiary alicyclic amines) is 1. The number of hydrogen-bond acceptors (Lipinski definition) is 3. The first-order chi connectivity index (χ1) is 9.58. The van der Waals surface area contributed by atoms with Crippen LogP contribution in [0.15, 0.2) is 24.3 Å². The molecule has 3 nitrogen and oxygen atoms in total. The maximum absolute atomic E-state index is 6.33. The normalized spacial score (nSPS) is 26.4. The first-order valence-electron chi connectivity index (χ1n) is 7.75. The molecule has 1 aliphatic heterocycles. The van der Waals surface area contributed by atoms with Gasteiger partial charge in [0.15, 0.2) is 0 Å². The van der Waals surface area contributed by atoms with Gasteiger partial charge in [0.1, 0.15) is 5.75 Å². The standard InChI is InChI=1S/C17H28N2O/c1-5-15-9-6-12(2)19(15)17(13(3)18)14-7-10-16(20-4)11-8-14/h7-8,10-13,15,17H,5-6,9,18H2,1-4H3. The van der Waals surface area contributed by atoms with Crippen LogP contribution in [0.3, 0.4) is 0 Å². The van der Waals surface area contributed by atoms with Crippen LogP contribution in [0, 0.1) is 0 Å². The van der Waals surface area contributed by atoms with Crippen LogP contribution in [0.2, 0.25) is 0 Å². The Morgan fingerprint density at radius 3 is 2.45 bits per heavy atom. The minimum absolute atomic E-state index is 0.123. The van der Waals surface area contributed by atoms with Crippen LogP contribution in [0.5, 0.6) is 5.75 Å². The number of nitrogens with two attached hydrogens (primary N) is 1. The summed E-state index contributed by atoms with van der Waals surface area (Å²) in [4.78, 5) is 2.63. The van der Waals surface area contributed by atoms with Gasteiger partial charge in [0, 0.05) is 18.1 Å². The Bertz CT molecular complexity index is 416. The molecule has 0 amide bonds. The van der Waals surface area contributed by atoms with E-state index >= 15 is 0 Å². The van der Waals surface area contributed by atoms with E-state index in [-0.39, 0.29) is 6.04 Å². The zero-order valence-electron chi connectivity index (χ0n) is 13.2. The van der Waals surface area contributed by atoms with Gasteiger partial charge in [-0.2, -0.15) is 0 Å². The second-order valence-corrected chi connectivity index (χ2v) is 6.01. The third-order valence-corrected chi connectivity index (χ3v) is 4.60. The van der Waals surface area contributed by atoms with Gasteiger partial charge in [0.05, 0.1) is 13.2 Å². The molecule has 20 heavy (non-hydrogen) atoms. The van der Waals surface area contributed by atoms with Crippen molar-refractivity contribution in [3.63, 3.8) is 0 Å². The fourth-order valence-electron chi connectivity index (χ4n) is 3.56. The number of nitrogens with zero attached hydrogens (tertiary/aromatic N) is 1. The number of hydrogen-bond donors (Lipinski definition) is 1. The van der Waals surface area contributed by atoms with E-state index in [4.69, 9.17) is 10.5 Å². The molecule has 0 radical (unpaired) electrons. The SMILES string of the molecule is CCC1CCC(C)N1C(c1ccc(OC)cc1)C(C)N. The summed E-state index contributed by atoms with van der Waals surface area (Å²) < 4.78 is 5.25. The first-order valence-corrected chi connectivity index (χ1v) is 7.75. The Hall–Kier alpha value is -1.06. The van der Waals surface area contributed by atoms with Gasteiger partial charge in [-0.3, -0.25) is 4.90 Å². The molecule has 1 aliphatic rings. The van der Waals surface area contributed by atoms with Crippen LogP contribution in [0.1, 0.15) is 51.6 Å². The Morgan fingerprint density at radius 1 is 1.30 bits per heavy atom. The van der Waals surface area contributed by atoms with Crippen molar-refractivity contribution in [1.29, 1.82) is 0 Å². The van der Waals surface area contributed by atoms with Gasteiger partial charge >= 0.3 is 0 Å². The molecule has 2 rings (SSSR count). The van der Waals surface area contributed by atoms with Crippen molar-refractivity contribution < 1.29 is 4.74 Å². The summed E-state index contributed by atoms with van der Waals surface area (Å²) in [5.74, 6) is 0.902. The largest absolute Gasteiger partial charge is 0.497 e. The highest BCUT2D eigenvalue weighted by atomic mass is 16.5. The fraction of sp³-hybridized carbons (Fsp3) is 0.647. The van der Waals surface area contributed by atoms with E-state index in [1.165, 1.54) is 24.8 Å². The molecule has 0 aliphatic carbocycles. The van der Waals surface area contributed by atoms with E-state index in [9.17, 15) is 0 Å². The lowest BCUT2D eigenvalue weighted by atomic mass is 9.97. The smallest absolute Gasteiger partial charge is 0.118 e. The molecule has 1 heterocycles. The monoisotopic (exact) mass is 276 g/mol. The lowest BCUT2D eigenvalue weighted by molar-refractivity contribution is 0.117. The average molecular weight is 276 g/mol. The molecule has 0 aromatic heterocycles. The lowest BCUT2D eigenvalue weighted by Crippen LogP contribution is -2.45. The Labute approximate surface area is 123 Å². The molecule has 4 unspecified atom stereocenters. The molecular formula is C17H28N2O. The topological polar surface area (TPSA) is 38.5 Å². The van der Waals surface area contributed by atoms with Gasteiger partial charge in [-0.05, 0) is 50.8 Å². The quantitative estimate of drug-likeness (QED) is 0.896. The van der Waals surface area contributed by atoms with Crippen molar-refractivity contribution in [2.45, 2.75) is 64.2 Å². The maximum atomic E-state index is 6.33. The van der Waals surface area contributed by atoms with Crippen LogP contribution in [-0.2, 0) is 0 Å². The van der Waals surface area contributed by atoms with Gasteiger partial charge in [0.25, 0.3) is 0 Å². The lowest BCUT2D eigenvalue weighted by Gasteiger charge is -2.38. The summed E-state index contributed by atoms with van der Waals surface area (Å²) in [6.07, 6.45) is 3.76. The average Bonchev–Trinajstić information content (AvgIpc) is 2.81. The summed E-state index contributed by atoms with van der Waals surface area (Å²) in [6, 6.07) is 10.1. The van der Waals surface area contributed by atoms with Crippen molar-refractivity contribution in [1.82, 2.24) is 4.90 Å². The van der Waals surface area contributed by atoms with Gasteiger partial charge in [-0.25, -0.2) is 0 Å². The zero-order valence-corrected chi connectivity index (χ0v) is 13.2. The van der Waals surface area contributed by atoms with Crippen molar-refractivity contribution >= 4 is 0 Å². The highest BCUT2D eigenvalue weighted by Gasteiger charge is 2.36. The number of benzene rings is 1. The number of rotatable bonds is 5. The van der Waals surface area contributed by atoms with E-state index in [0.717, 1.165) is 5.75 Å². The zero-order chi connectivity index (χ0) is 14.7. The first kappa shape index (κ1) is 15.3. The molecule has 3 heteroatoms. The van der Waals surface area contributed by atoms with Crippen LogP contribution in [0.25, 0.3) is 0 Å². The minimum Gasteiger partial charge on any atom is -0.497 e. The Kier molecular flexibility index (Phi) is 5.06. The summed E-state index contributed by atoms with van der Waals surface area (Å²) in [6.45, 7) is 6.73. The summed E-state index contributed by atoms with van der Waals surface area (Å²) in [7, 11) is 1.70. The van der Waals surface area contributed by atoms with Crippen LogP contribution in [0.4, 0.5) is 0 Å². The van der Waals surface area contributed by atoms with Crippen molar-refractivity contribution in [3.05, 3.63) is 29.8 Å². The van der Waals surface area contributed by atoms with Gasteiger partial charge in [-0.1, -0.05) is 19.1 Å². The van der Waals surface area contributed by atoms with Gasteiger partial charge in [-0.15, -0.1) is 0 Å². The van der Waals surface area contributed by atoms with Gasteiger partial charge < -0.3 is 10.5 Å². The highest BCUT2D eigenvalue weighted by molar-refractivity contribution is 5.30. The van der Waals surface area contributed by atoms with Crippen molar-refractivity contribution in [3.8, 4) is 5.75 Å². The second-order valence-electron chi connectivity index (χ2n) is 6.01. The second kappa shape index (κ2) is 6.59. The number of ether oxygens (including phenoxy) is 1. The fourth-order valence-corrected chi connectivity index (χ4v) is 3.56. The third kappa shape index (κ3) is 2.99. The van der Waals surface area contributed by atoms with Crippen molar-refractivity contribution in [2.24, 2.45) is 5.73 Å². The van der Waals surface area contributed by atoms with Gasteiger partial charge in [0.2, 0.25) is 0 Å². The van der Waals surface area contributed by atoms with Crippen LogP contribution >= 0.6 is 0 Å². The molecule has 4 atom stereocenters. The van der Waals surface area contributed by atoms with Crippen molar-refractivity contribution in [2.75, 3.05) is 7.11 Å². The Morgan fingerprint density at radius 2 is 1.95 bits per heavy atom. The molecule has 1 aromatic carbocycles. The molecule has 1 fully saturated rings. The van der Waals surface area contributed by atoms with Crippen LogP contribution in [-0.4, -0.2) is 30.1 Å². The molecule has 0 spiro atoms. The Balaban J connectivity index is 2.29. The molecular weight excluding hydrogens is 248 g/mol. The van der Waals surface area contributed by atoms with E-state index in [1.54, 1.807) is 7.11 Å². The molecule has 0 saturated carbocycles. The molecule has 2 N–H and O–H groups in total. The molecule has 112 valence electrons. The van der Waals surface area contributed by atoms with E-state index < -0.39 is 0 Å². The molecule has 1 aromatic rings. The summed E-state index contributed by atoms with van der Waals surface area (Å²) in [5, 5.41) is 0. The molecule has 0 bridgehead atoms. The third-order valence-electron chi connectivity index (χ3n) is 4.60. The molecule has 1 saturated heterocycles. The van der Waals surface area contributed by atoms with Crippen LogP contribution < -0.4 is 10.5 Å². The van der Waals surface area contributed by atoms with E-state index in [2.05, 4.69) is 37.8 Å². The van der Waals surface area contributed by atoms with E-state index in [0.29, 0.717) is 18.1 Å². The highest BCUT2D eigenvalue weighted by Crippen LogP contribution is 2.36. The number of methoxy groups -OCH3 is 1. The maximum Gasteiger partial charge on any atom is 0.118 e. The predicted molar refractivity (Wildman–Crippen MR) is 84.0 cm³/mol. The predicted octanol–water partition coefficient (Wildman–Crippen LogP) is 3.35. The minimum atomic E-state index is 0.123. The van der Waals surface area contributed by atoms with E-state index in [1.807, 2.05) is 12.1 Å². The summed E-state index contributed by atoms with van der Waals surface area (Å²) >= 11 is 0. The summed E-state index contributed by atoms with van der Waals surface area (Å²) in [5.41, 5.74) is 7.62.